The molecule has 0 aliphatic carbocycles. The molecule has 1 aromatic carbocycles. The predicted molar refractivity (Wildman–Crippen MR) is 94.9 cm³/mol. The van der Waals surface area contributed by atoms with Gasteiger partial charge >= 0.3 is 6.18 Å². The maximum absolute atomic E-state index is 12.9. The maximum atomic E-state index is 12.9. The molecule has 140 valence electrons. The summed E-state index contributed by atoms with van der Waals surface area (Å²) in [5.41, 5.74) is -0.981. The van der Waals surface area contributed by atoms with Crippen molar-refractivity contribution in [2.75, 3.05) is 31.2 Å². The van der Waals surface area contributed by atoms with E-state index in [4.69, 9.17) is 17.0 Å². The van der Waals surface area contributed by atoms with Crippen molar-refractivity contribution < 1.29 is 27.5 Å². The molecule has 0 saturated carbocycles. The third-order valence-corrected chi connectivity index (χ3v) is 5.71. The number of thioether (sulfide) groups is 1. The van der Waals surface area contributed by atoms with Gasteiger partial charge in [-0.3, -0.25) is 9.59 Å². The summed E-state index contributed by atoms with van der Waals surface area (Å²) in [4.78, 5) is 27.6. The Morgan fingerprint density at radius 2 is 1.92 bits per heavy atom. The summed E-state index contributed by atoms with van der Waals surface area (Å²) in [6, 6.07) is 4.20. The molecule has 2 aliphatic heterocycles. The number of benzene rings is 1. The van der Waals surface area contributed by atoms with Crippen molar-refractivity contribution >= 4 is 45.8 Å². The molecule has 2 saturated heterocycles. The van der Waals surface area contributed by atoms with Crippen molar-refractivity contribution in [3.63, 3.8) is 0 Å². The van der Waals surface area contributed by atoms with E-state index in [0.29, 0.717) is 30.6 Å². The fraction of sp³-hybridized carbons (Fsp3) is 0.438. The second-order valence-electron chi connectivity index (χ2n) is 5.79. The normalized spacial score (nSPS) is 21.4. The Labute approximate surface area is 157 Å². The number of hydrogen-bond acceptors (Lipinski definition) is 5. The number of anilines is 1. The monoisotopic (exact) mass is 404 g/mol. The van der Waals surface area contributed by atoms with Crippen LogP contribution in [0.15, 0.2) is 24.3 Å². The lowest BCUT2D eigenvalue weighted by Crippen LogP contribution is -2.39. The van der Waals surface area contributed by atoms with Gasteiger partial charge in [0.2, 0.25) is 11.8 Å². The number of halogens is 3. The van der Waals surface area contributed by atoms with Crippen LogP contribution in [0.2, 0.25) is 0 Å². The van der Waals surface area contributed by atoms with Crippen LogP contribution in [0.25, 0.3) is 0 Å². The Hall–Kier alpha value is -1.65. The number of amides is 2. The van der Waals surface area contributed by atoms with Gasteiger partial charge in [-0.05, 0) is 18.2 Å². The largest absolute Gasteiger partial charge is 0.416 e. The molecular formula is C16H15F3N2O3S2. The number of alkyl halides is 3. The van der Waals surface area contributed by atoms with E-state index in [2.05, 4.69) is 0 Å². The van der Waals surface area contributed by atoms with Crippen LogP contribution in [0.3, 0.4) is 0 Å². The van der Waals surface area contributed by atoms with Gasteiger partial charge in [0.25, 0.3) is 0 Å². The lowest BCUT2D eigenvalue weighted by molar-refractivity contribution is -0.137. The molecule has 0 unspecified atom stereocenters. The zero-order chi connectivity index (χ0) is 18.9. The lowest BCUT2D eigenvalue weighted by Gasteiger charge is -2.29. The van der Waals surface area contributed by atoms with Gasteiger partial charge in [-0.25, -0.2) is 4.90 Å². The minimum Gasteiger partial charge on any atom is -0.378 e. The van der Waals surface area contributed by atoms with Crippen LogP contribution in [-0.4, -0.2) is 52.6 Å². The van der Waals surface area contributed by atoms with Crippen LogP contribution in [0, 0.1) is 0 Å². The molecule has 2 fully saturated rings. The maximum Gasteiger partial charge on any atom is 0.416 e. The predicted octanol–water partition coefficient (Wildman–Crippen LogP) is 2.69. The first-order chi connectivity index (χ1) is 12.3. The van der Waals surface area contributed by atoms with Crippen LogP contribution >= 0.6 is 24.0 Å². The van der Waals surface area contributed by atoms with E-state index in [9.17, 15) is 22.8 Å². The highest BCUT2D eigenvalue weighted by Gasteiger charge is 2.42. The molecule has 0 spiro atoms. The topological polar surface area (TPSA) is 49.9 Å². The van der Waals surface area contributed by atoms with E-state index in [1.807, 2.05) is 4.90 Å². The fourth-order valence-electron chi connectivity index (χ4n) is 2.73. The molecule has 2 amide bonds. The average Bonchev–Trinajstić information content (AvgIpc) is 2.88. The number of nitrogens with zero attached hydrogens (tertiary/aromatic N) is 2. The van der Waals surface area contributed by atoms with Gasteiger partial charge in [0.1, 0.15) is 9.57 Å². The van der Waals surface area contributed by atoms with Gasteiger partial charge in [-0.1, -0.05) is 30.0 Å². The summed E-state index contributed by atoms with van der Waals surface area (Å²) >= 11 is 6.43. The molecule has 0 N–H and O–H groups in total. The Morgan fingerprint density at radius 3 is 2.58 bits per heavy atom. The minimum atomic E-state index is -4.55. The standard InChI is InChI=1S/C16H15F3N2O3S2/c17-16(18,19)10-2-1-3-11(8-10)21-13(22)9-12(14(21)23)26-15(25)20-4-6-24-7-5-20/h1-3,8,12H,4-7,9H2/t12-/m0/s1. The van der Waals surface area contributed by atoms with Crippen LogP contribution in [0.1, 0.15) is 12.0 Å². The Kier molecular flexibility index (Phi) is 5.54. The molecule has 3 rings (SSSR count). The number of carbonyl (C=O) groups excluding carboxylic acids is 2. The lowest BCUT2D eigenvalue weighted by atomic mass is 10.2. The molecule has 5 nitrogen and oxygen atoms in total. The molecule has 0 bridgehead atoms. The van der Waals surface area contributed by atoms with Crippen molar-refractivity contribution in [2.24, 2.45) is 0 Å². The first-order valence-electron chi connectivity index (χ1n) is 7.85. The van der Waals surface area contributed by atoms with Gasteiger partial charge in [-0.15, -0.1) is 0 Å². The van der Waals surface area contributed by atoms with E-state index in [-0.39, 0.29) is 12.1 Å². The summed E-state index contributed by atoms with van der Waals surface area (Å²) in [5, 5.41) is -0.729. The van der Waals surface area contributed by atoms with Crippen LogP contribution in [0.4, 0.5) is 18.9 Å². The Morgan fingerprint density at radius 1 is 1.23 bits per heavy atom. The van der Waals surface area contributed by atoms with Gasteiger partial charge in [0, 0.05) is 19.5 Å². The SMILES string of the molecule is O=C1C[C@H](SC(=S)N2CCOCC2)C(=O)N1c1cccc(C(F)(F)F)c1. The molecule has 1 aromatic rings. The van der Waals surface area contributed by atoms with Crippen LogP contribution in [0.5, 0.6) is 0 Å². The van der Waals surface area contributed by atoms with Gasteiger partial charge in [0.15, 0.2) is 0 Å². The molecule has 1 atom stereocenters. The van der Waals surface area contributed by atoms with Crippen molar-refractivity contribution in [1.29, 1.82) is 0 Å². The third kappa shape index (κ3) is 4.02. The Balaban J connectivity index is 1.74. The van der Waals surface area contributed by atoms with Crippen molar-refractivity contribution in [1.82, 2.24) is 4.90 Å². The summed E-state index contributed by atoms with van der Waals surface area (Å²) < 4.78 is 44.4. The molecule has 26 heavy (non-hydrogen) atoms. The average molecular weight is 404 g/mol. The number of thiocarbonyl (C=S) groups is 1. The summed E-state index contributed by atoms with van der Waals surface area (Å²) in [6.07, 6.45) is -4.64. The second kappa shape index (κ2) is 7.53. The van der Waals surface area contributed by atoms with E-state index in [1.54, 1.807) is 0 Å². The number of hydrogen-bond donors (Lipinski definition) is 0. The second-order valence-corrected chi connectivity index (χ2v) is 7.63. The first-order valence-corrected chi connectivity index (χ1v) is 9.13. The Bertz CT molecular complexity index is 736. The molecule has 2 aliphatic rings. The van der Waals surface area contributed by atoms with Crippen molar-refractivity contribution in [3.8, 4) is 0 Å². The highest BCUT2D eigenvalue weighted by molar-refractivity contribution is 8.23. The zero-order valence-corrected chi connectivity index (χ0v) is 15.1. The zero-order valence-electron chi connectivity index (χ0n) is 13.5. The molecule has 2 heterocycles. The van der Waals surface area contributed by atoms with E-state index >= 15 is 0 Å². The van der Waals surface area contributed by atoms with E-state index < -0.39 is 28.8 Å². The van der Waals surface area contributed by atoms with Crippen molar-refractivity contribution in [3.05, 3.63) is 29.8 Å². The van der Waals surface area contributed by atoms with Crippen LogP contribution < -0.4 is 4.90 Å². The van der Waals surface area contributed by atoms with Gasteiger partial charge in [-0.2, -0.15) is 13.2 Å². The quantitative estimate of drug-likeness (QED) is 0.558. The molecule has 0 aromatic heterocycles. The minimum absolute atomic E-state index is 0.0739. The molecule has 0 radical (unpaired) electrons. The number of morpholine rings is 1. The number of carbonyl (C=O) groups is 2. The summed E-state index contributed by atoms with van der Waals surface area (Å²) in [7, 11) is 0. The number of imide groups is 1. The van der Waals surface area contributed by atoms with E-state index in [1.165, 1.54) is 12.1 Å². The van der Waals surface area contributed by atoms with Gasteiger partial charge < -0.3 is 9.64 Å². The number of ether oxygens (including phenoxy) is 1. The number of rotatable bonds is 2. The van der Waals surface area contributed by atoms with Crippen LogP contribution in [-0.2, 0) is 20.5 Å². The third-order valence-electron chi connectivity index (χ3n) is 4.05. The summed E-state index contributed by atoms with van der Waals surface area (Å²) in [5.74, 6) is -1.08. The van der Waals surface area contributed by atoms with E-state index in [0.717, 1.165) is 28.8 Å². The highest BCUT2D eigenvalue weighted by Crippen LogP contribution is 2.35. The van der Waals surface area contributed by atoms with Crippen molar-refractivity contribution in [2.45, 2.75) is 17.8 Å². The summed E-state index contributed by atoms with van der Waals surface area (Å²) in [6.45, 7) is 2.29. The highest BCUT2D eigenvalue weighted by atomic mass is 32.2. The molecule has 10 heteroatoms. The first kappa shape index (κ1) is 19.1. The smallest absolute Gasteiger partial charge is 0.378 e. The fourth-order valence-corrected chi connectivity index (χ4v) is 4.27. The molecular weight excluding hydrogens is 389 g/mol. The van der Waals surface area contributed by atoms with Gasteiger partial charge in [0.05, 0.1) is 24.5 Å².